The van der Waals surface area contributed by atoms with E-state index in [1.54, 1.807) is 11.8 Å². The zero-order valence-corrected chi connectivity index (χ0v) is 24.3. The van der Waals surface area contributed by atoms with Crippen molar-refractivity contribution in [1.82, 2.24) is 19.6 Å². The quantitative estimate of drug-likeness (QED) is 0.405. The highest BCUT2D eigenvalue weighted by molar-refractivity contribution is 7.85. The number of aliphatic hydroxyl groups is 1. The van der Waals surface area contributed by atoms with Crippen molar-refractivity contribution in [3.05, 3.63) is 23.5 Å². The van der Waals surface area contributed by atoms with Crippen LogP contribution < -0.4 is 10.0 Å². The van der Waals surface area contributed by atoms with Crippen molar-refractivity contribution in [2.24, 2.45) is 5.41 Å². The first-order valence-electron chi connectivity index (χ1n) is 12.4. The zero-order valence-electron chi connectivity index (χ0n) is 22.7. The van der Waals surface area contributed by atoms with E-state index < -0.39 is 40.3 Å². The minimum atomic E-state index is -4.74. The highest BCUT2D eigenvalue weighted by Crippen LogP contribution is 2.42. The van der Waals surface area contributed by atoms with Crippen LogP contribution in [0.25, 0.3) is 10.4 Å². The van der Waals surface area contributed by atoms with E-state index >= 15 is 0 Å². The largest absolute Gasteiger partial charge is 0.417 e. The molecule has 0 saturated carbocycles. The molecule has 3 atom stereocenters. The average molecular weight is 576 g/mol. The number of likely N-dealkylation sites (tertiary alicyclic amines) is 1. The first-order chi connectivity index (χ1) is 17.4. The summed E-state index contributed by atoms with van der Waals surface area (Å²) in [7, 11) is -1.98. The fraction of sp³-hybridized carbons (Fsp3) is 0.640. The summed E-state index contributed by atoms with van der Waals surface area (Å²) < 4.78 is 58.6. The lowest BCUT2D eigenvalue weighted by Crippen LogP contribution is -2.45. The van der Waals surface area contributed by atoms with Gasteiger partial charge in [0.1, 0.15) is 11.5 Å². The number of hydrogen-bond donors (Lipinski definition) is 3. The van der Waals surface area contributed by atoms with Gasteiger partial charge in [-0.2, -0.15) is 13.2 Å². The average Bonchev–Trinajstić information content (AvgIpc) is 3.42. The summed E-state index contributed by atoms with van der Waals surface area (Å²) in [5.41, 5.74) is -2.86. The Morgan fingerprint density at radius 2 is 1.95 bits per heavy atom. The van der Waals surface area contributed by atoms with E-state index in [-0.39, 0.29) is 37.7 Å². The molecule has 0 radical (unpaired) electrons. The van der Waals surface area contributed by atoms with Crippen LogP contribution >= 0.6 is 11.3 Å². The Labute approximate surface area is 228 Å². The third-order valence-corrected chi connectivity index (χ3v) is 8.94. The number of rotatable bonds is 8. The monoisotopic (exact) mass is 575 g/mol. The van der Waals surface area contributed by atoms with Gasteiger partial charge in [0.05, 0.1) is 16.0 Å². The molecular formula is C25H36F3N5O3S2. The first-order valence-corrected chi connectivity index (χ1v) is 14.4. The number of amides is 1. The molecule has 1 fully saturated rings. The van der Waals surface area contributed by atoms with Crippen LogP contribution in [0.4, 0.5) is 19.0 Å². The van der Waals surface area contributed by atoms with Crippen molar-refractivity contribution in [2.45, 2.75) is 89.5 Å². The Morgan fingerprint density at radius 1 is 1.29 bits per heavy atom. The maximum absolute atomic E-state index is 14.3. The molecule has 212 valence electrons. The van der Waals surface area contributed by atoms with Gasteiger partial charge in [-0.05, 0) is 52.0 Å². The van der Waals surface area contributed by atoms with E-state index in [2.05, 4.69) is 20.0 Å². The van der Waals surface area contributed by atoms with Crippen molar-refractivity contribution < 1.29 is 27.3 Å². The van der Waals surface area contributed by atoms with Crippen LogP contribution in [0.15, 0.2) is 16.6 Å². The van der Waals surface area contributed by atoms with Gasteiger partial charge in [0, 0.05) is 36.9 Å². The van der Waals surface area contributed by atoms with Crippen LogP contribution in [0.5, 0.6) is 0 Å². The molecule has 1 unspecified atom stereocenters. The molecule has 38 heavy (non-hydrogen) atoms. The first kappa shape index (κ1) is 30.5. The molecule has 1 aliphatic heterocycles. The molecule has 3 rings (SSSR count). The van der Waals surface area contributed by atoms with Gasteiger partial charge in [-0.3, -0.25) is 4.79 Å². The van der Waals surface area contributed by atoms with Crippen LogP contribution in [0, 0.1) is 5.41 Å². The fourth-order valence-corrected chi connectivity index (χ4v) is 6.15. The number of hydrogen-bond acceptors (Lipinski definition) is 7. The van der Waals surface area contributed by atoms with E-state index in [9.17, 15) is 27.3 Å². The molecular weight excluding hydrogens is 539 g/mol. The summed E-state index contributed by atoms with van der Waals surface area (Å²) in [6.07, 6.45) is -2.10. The molecule has 1 saturated heterocycles. The van der Waals surface area contributed by atoms with Crippen LogP contribution in [-0.4, -0.2) is 60.9 Å². The fourth-order valence-electron chi connectivity index (χ4n) is 3.76. The molecule has 2 aromatic rings. The molecule has 2 aromatic heterocycles. The van der Waals surface area contributed by atoms with Crippen molar-refractivity contribution >= 4 is 34.0 Å². The Morgan fingerprint density at radius 3 is 2.47 bits per heavy atom. The Hall–Kier alpha value is -2.09. The lowest BCUT2D eigenvalue weighted by atomic mass is 9.97. The second-order valence-corrected chi connectivity index (χ2v) is 13.9. The molecule has 0 spiro atoms. The summed E-state index contributed by atoms with van der Waals surface area (Å²) in [5.74, 6) is -0.450. The second kappa shape index (κ2) is 11.2. The number of pyridine rings is 1. The van der Waals surface area contributed by atoms with Crippen molar-refractivity contribution in [3.63, 3.8) is 0 Å². The maximum Gasteiger partial charge on any atom is 0.417 e. The number of nitrogens with one attached hydrogen (secondary N) is 2. The summed E-state index contributed by atoms with van der Waals surface area (Å²) in [6.45, 7) is 13.3. The van der Waals surface area contributed by atoms with E-state index in [1.807, 2.05) is 27.7 Å². The van der Waals surface area contributed by atoms with Gasteiger partial charge >= 0.3 is 6.18 Å². The molecule has 13 heteroatoms. The minimum absolute atomic E-state index is 0.0441. The number of halogens is 3. The lowest BCUT2D eigenvalue weighted by Gasteiger charge is -2.25. The van der Waals surface area contributed by atoms with E-state index in [0.717, 1.165) is 36.4 Å². The smallest absolute Gasteiger partial charge is 0.389 e. The molecule has 0 bridgehead atoms. The van der Waals surface area contributed by atoms with Gasteiger partial charge in [0.15, 0.2) is 15.3 Å². The lowest BCUT2D eigenvalue weighted by molar-refractivity contribution is -0.137. The molecule has 1 aliphatic rings. The number of anilines is 1. The molecule has 1 amide bonds. The number of alkyl halides is 3. The predicted octanol–water partition coefficient (Wildman–Crippen LogP) is 5.08. The maximum atomic E-state index is 14.3. The number of carbonyl (C=O) groups excluding carboxylic acids is 1. The Balaban J connectivity index is 2.12. The van der Waals surface area contributed by atoms with Crippen LogP contribution in [-0.2, 0) is 17.2 Å². The van der Waals surface area contributed by atoms with Crippen molar-refractivity contribution in [3.8, 4) is 10.4 Å². The van der Waals surface area contributed by atoms with Crippen molar-refractivity contribution in [1.29, 1.82) is 0 Å². The highest BCUT2D eigenvalue weighted by Gasteiger charge is 2.38. The summed E-state index contributed by atoms with van der Waals surface area (Å²) >= 11 is 0.752. The molecule has 8 nitrogen and oxygen atoms in total. The molecule has 3 heterocycles. The van der Waals surface area contributed by atoms with Crippen LogP contribution in [0.3, 0.4) is 0 Å². The van der Waals surface area contributed by atoms with Gasteiger partial charge in [0.2, 0.25) is 0 Å². The van der Waals surface area contributed by atoms with Gasteiger partial charge in [-0.1, -0.05) is 20.8 Å². The van der Waals surface area contributed by atoms with Crippen LogP contribution in [0.1, 0.15) is 77.4 Å². The predicted molar refractivity (Wildman–Crippen MR) is 143 cm³/mol. The van der Waals surface area contributed by atoms with Crippen molar-refractivity contribution in [2.75, 3.05) is 18.4 Å². The minimum Gasteiger partial charge on any atom is -0.389 e. The van der Waals surface area contributed by atoms with Gasteiger partial charge in [-0.25, -0.2) is 18.9 Å². The third-order valence-electron chi connectivity index (χ3n) is 6.38. The highest BCUT2D eigenvalue weighted by atomic mass is 32.2. The topological polar surface area (TPSA) is 107 Å². The Bertz CT molecular complexity index is 1190. The normalized spacial score (nSPS) is 18.5. The summed E-state index contributed by atoms with van der Waals surface area (Å²) in [6, 6.07) is 0.205. The van der Waals surface area contributed by atoms with Gasteiger partial charge < -0.3 is 15.3 Å². The van der Waals surface area contributed by atoms with Gasteiger partial charge in [0.25, 0.3) is 5.91 Å². The Kier molecular flexibility index (Phi) is 8.96. The SMILES string of the molecule is C[C@H]1CCCN1C(=O)c1nc(S(=O)N[C@H](C)C(C)(C)O)sc1-c1cnc(NCC(C)(C)C)cc1C(F)(F)F. The van der Waals surface area contributed by atoms with E-state index in [0.29, 0.717) is 13.1 Å². The zero-order chi connectivity index (χ0) is 28.6. The summed E-state index contributed by atoms with van der Waals surface area (Å²) in [5, 5.41) is 13.2. The molecule has 0 aliphatic carbocycles. The molecule has 3 N–H and O–H groups in total. The molecule has 0 aromatic carbocycles. The van der Waals surface area contributed by atoms with E-state index in [4.69, 9.17) is 0 Å². The van der Waals surface area contributed by atoms with Crippen LogP contribution in [0.2, 0.25) is 0 Å². The van der Waals surface area contributed by atoms with E-state index in [1.165, 1.54) is 13.8 Å². The van der Waals surface area contributed by atoms with Gasteiger partial charge in [-0.15, -0.1) is 11.3 Å². The number of thiazole rings is 1. The number of nitrogens with zero attached hydrogens (tertiary/aromatic N) is 3. The third kappa shape index (κ3) is 7.30. The standard InChI is InChI=1S/C25H36F3N5O3S2/c1-14-9-8-10-33(14)21(34)19-20(37-22(31-19)38(36)32-15(2)24(6,7)35)16-12-29-18(30-13-23(3,4)5)11-17(16)25(26,27)28/h11-12,14-15,32,35H,8-10,13H2,1-7H3,(H,29,30)/t14-,15+,38?/m0/s1. The second-order valence-electron chi connectivity index (χ2n) is 11.4. The number of aromatic nitrogens is 2. The summed E-state index contributed by atoms with van der Waals surface area (Å²) in [4.78, 5) is 23.5. The number of carbonyl (C=O) groups is 1.